The number of ether oxygens (including phenoxy) is 7. The molecule has 13 N–H and O–H groups in total. The van der Waals surface area contributed by atoms with Gasteiger partial charge >= 0.3 is 0 Å². The third kappa shape index (κ3) is 7.05. The maximum absolute atomic E-state index is 11.1. The largest absolute Gasteiger partial charge is 0.394 e. The number of hydrogen-bond donors (Lipinski definition) is 13. The maximum Gasteiger partial charge on any atom is 0.187 e. The molecule has 4 fully saturated rings. The van der Waals surface area contributed by atoms with E-state index >= 15 is 0 Å². The van der Waals surface area contributed by atoms with E-state index in [0.29, 0.717) is 0 Å². The summed E-state index contributed by atoms with van der Waals surface area (Å²) in [6, 6.07) is 0. The van der Waals surface area contributed by atoms with Crippen molar-refractivity contribution in [2.45, 2.75) is 130 Å². The number of aliphatic hydroxyl groups excluding tert-OH is 13. The van der Waals surface area contributed by atoms with E-state index in [0.717, 1.165) is 0 Å². The fraction of sp³-hybridized carbons (Fsp3) is 1.00. The van der Waals surface area contributed by atoms with Crippen molar-refractivity contribution in [3.05, 3.63) is 0 Å². The van der Waals surface area contributed by atoms with Gasteiger partial charge in [-0.15, -0.1) is 0 Å². The van der Waals surface area contributed by atoms with E-state index < -0.39 is 143 Å². The third-order valence-electron chi connectivity index (χ3n) is 8.16. The summed E-state index contributed by atoms with van der Waals surface area (Å²) < 4.78 is 38.3. The summed E-state index contributed by atoms with van der Waals surface area (Å²) in [5.74, 6) is 0. The molecule has 0 spiro atoms. The van der Waals surface area contributed by atoms with Crippen LogP contribution in [0.1, 0.15) is 6.92 Å². The molecule has 0 unspecified atom stereocenters. The first-order valence-electron chi connectivity index (χ1n) is 14.0. The Labute approximate surface area is 249 Å². The lowest BCUT2D eigenvalue weighted by Crippen LogP contribution is -2.67. The zero-order valence-electron chi connectivity index (χ0n) is 23.3. The topological polar surface area (TPSA) is 328 Å². The highest BCUT2D eigenvalue weighted by molar-refractivity contribution is 4.97. The maximum atomic E-state index is 11.1. The van der Waals surface area contributed by atoms with Crippen molar-refractivity contribution in [2.24, 2.45) is 0 Å². The van der Waals surface area contributed by atoms with Crippen molar-refractivity contribution in [3.63, 3.8) is 0 Å². The summed E-state index contributed by atoms with van der Waals surface area (Å²) in [5.41, 5.74) is 0. The monoisotopic (exact) mass is 650 g/mol. The number of rotatable bonds is 9. The molecule has 20 atom stereocenters. The molecule has 4 saturated heterocycles. The molecule has 44 heavy (non-hydrogen) atoms. The zero-order valence-corrected chi connectivity index (χ0v) is 23.3. The van der Waals surface area contributed by atoms with Gasteiger partial charge in [0.2, 0.25) is 0 Å². The zero-order chi connectivity index (χ0) is 32.6. The molecule has 0 saturated carbocycles. The summed E-state index contributed by atoms with van der Waals surface area (Å²) in [4.78, 5) is 0. The van der Waals surface area contributed by atoms with Gasteiger partial charge in [0.15, 0.2) is 25.2 Å². The van der Waals surface area contributed by atoms with Crippen LogP contribution in [0.5, 0.6) is 0 Å². The molecular weight excluding hydrogens is 608 g/mol. The van der Waals surface area contributed by atoms with Crippen LogP contribution >= 0.6 is 0 Å². The predicted octanol–water partition coefficient (Wildman–Crippen LogP) is -8.72. The summed E-state index contributed by atoms with van der Waals surface area (Å²) in [7, 11) is 0. The van der Waals surface area contributed by atoms with Crippen LogP contribution in [0.25, 0.3) is 0 Å². The van der Waals surface area contributed by atoms with Gasteiger partial charge in [-0.1, -0.05) is 0 Å². The van der Waals surface area contributed by atoms with Gasteiger partial charge in [-0.25, -0.2) is 0 Å². The normalized spacial score (nSPS) is 53.9. The fourth-order valence-electron chi connectivity index (χ4n) is 5.49. The Morgan fingerprint density at radius 2 is 0.841 bits per heavy atom. The van der Waals surface area contributed by atoms with E-state index in [4.69, 9.17) is 33.2 Å². The Morgan fingerprint density at radius 3 is 1.41 bits per heavy atom. The lowest BCUT2D eigenvalue weighted by Gasteiger charge is -2.49. The van der Waals surface area contributed by atoms with Crippen LogP contribution in [0.15, 0.2) is 0 Å². The Bertz CT molecular complexity index is 900. The van der Waals surface area contributed by atoms with E-state index in [1.54, 1.807) is 0 Å². The number of aliphatic hydroxyl groups is 13. The molecule has 258 valence electrons. The van der Waals surface area contributed by atoms with Gasteiger partial charge in [-0.05, 0) is 6.92 Å². The second-order valence-electron chi connectivity index (χ2n) is 11.1. The number of hydrogen-bond acceptors (Lipinski definition) is 20. The first-order chi connectivity index (χ1) is 20.7. The predicted molar refractivity (Wildman–Crippen MR) is 132 cm³/mol. The average Bonchev–Trinajstić information content (AvgIpc) is 3.00. The summed E-state index contributed by atoms with van der Waals surface area (Å²) in [6.07, 6.45) is -34.6. The van der Waals surface area contributed by atoms with Gasteiger partial charge in [0.1, 0.15) is 91.6 Å². The highest BCUT2D eigenvalue weighted by atomic mass is 16.8. The summed E-state index contributed by atoms with van der Waals surface area (Å²) >= 11 is 0. The fourth-order valence-corrected chi connectivity index (χ4v) is 5.49. The highest BCUT2D eigenvalue weighted by Gasteiger charge is 2.55. The van der Waals surface area contributed by atoms with E-state index in [1.807, 2.05) is 0 Å². The first kappa shape index (κ1) is 36.0. The van der Waals surface area contributed by atoms with Gasteiger partial charge in [-0.3, -0.25) is 0 Å². The van der Waals surface area contributed by atoms with Crippen molar-refractivity contribution in [2.75, 3.05) is 19.8 Å². The Morgan fingerprint density at radius 1 is 0.409 bits per heavy atom. The van der Waals surface area contributed by atoms with Crippen LogP contribution in [-0.2, 0) is 33.2 Å². The van der Waals surface area contributed by atoms with Gasteiger partial charge in [0.05, 0.1) is 25.9 Å². The first-order valence-corrected chi connectivity index (χ1v) is 14.0. The van der Waals surface area contributed by atoms with Crippen molar-refractivity contribution >= 4 is 0 Å². The lowest BCUT2D eigenvalue weighted by atomic mass is 9.95. The Kier molecular flexibility index (Phi) is 12.3. The quantitative estimate of drug-likeness (QED) is 0.110. The molecule has 0 aromatic heterocycles. The van der Waals surface area contributed by atoms with E-state index in [1.165, 1.54) is 6.92 Å². The van der Waals surface area contributed by atoms with Crippen LogP contribution in [-0.4, -0.2) is 209 Å². The molecular formula is C24H42O20. The van der Waals surface area contributed by atoms with Crippen LogP contribution < -0.4 is 0 Å². The van der Waals surface area contributed by atoms with Crippen LogP contribution in [0.3, 0.4) is 0 Å². The molecule has 20 nitrogen and oxygen atoms in total. The summed E-state index contributed by atoms with van der Waals surface area (Å²) in [6.45, 7) is -1.15. The van der Waals surface area contributed by atoms with Crippen molar-refractivity contribution in [3.8, 4) is 0 Å². The van der Waals surface area contributed by atoms with E-state index in [9.17, 15) is 66.4 Å². The van der Waals surface area contributed by atoms with Gasteiger partial charge in [0, 0.05) is 0 Å². The van der Waals surface area contributed by atoms with Crippen LogP contribution in [0.4, 0.5) is 0 Å². The molecule has 4 rings (SSSR count). The van der Waals surface area contributed by atoms with Crippen LogP contribution in [0.2, 0.25) is 0 Å². The molecule has 0 aromatic carbocycles. The molecule has 4 aliphatic rings. The minimum atomic E-state index is -1.97. The third-order valence-corrected chi connectivity index (χ3v) is 8.16. The molecule has 4 aliphatic heterocycles. The second kappa shape index (κ2) is 15.0. The lowest BCUT2D eigenvalue weighted by molar-refractivity contribution is -0.395. The van der Waals surface area contributed by atoms with Crippen molar-refractivity contribution < 1.29 is 99.5 Å². The van der Waals surface area contributed by atoms with E-state index in [-0.39, 0.29) is 0 Å². The summed E-state index contributed by atoms with van der Waals surface area (Å²) in [5, 5.41) is 133. The van der Waals surface area contributed by atoms with Gasteiger partial charge in [0.25, 0.3) is 0 Å². The molecule has 20 heteroatoms. The SMILES string of the molecule is C[C@@H]1O[C@H](O)[C@H](O)[C@H](O)[C@H]1O[C@@H]1O[C@H](CO)[C@H](O)[C@H](O[C@H]2O[C@H](CO)[C@@H](O)[C@H](O)[C@@H]2O[C@H]2O[C@H](CO)[C@@H](O)[C@H](O)[C@@H]2O)[C@H]1O. The molecule has 0 amide bonds. The minimum absolute atomic E-state index is 0.816. The highest BCUT2D eigenvalue weighted by Crippen LogP contribution is 2.34. The van der Waals surface area contributed by atoms with E-state index in [2.05, 4.69) is 0 Å². The molecule has 0 radical (unpaired) electrons. The molecule has 4 heterocycles. The van der Waals surface area contributed by atoms with Gasteiger partial charge in [-0.2, -0.15) is 0 Å². The Hall–Kier alpha value is -0.800. The Balaban J connectivity index is 1.57. The average molecular weight is 651 g/mol. The molecule has 0 aromatic rings. The van der Waals surface area contributed by atoms with Crippen molar-refractivity contribution in [1.82, 2.24) is 0 Å². The standard InChI is InChI=1S/C24H42O20/c1-5-18(14(33)15(34)21(37)38-5)42-23-17(36)19(11(30)8(4-27)40-23)43-24-20(13(32)10(29)7(3-26)41-24)44-22-16(35)12(31)9(28)6(2-25)39-22/h5-37H,2-4H2,1H3/t5-,6+,7+,8+,9+,10+,11-,12-,13-,14-,15+,16-,17+,18-,19-,20-,21-,22+,23-,24+/m0/s1. The minimum Gasteiger partial charge on any atom is -0.394 e. The molecule has 0 aliphatic carbocycles. The molecule has 0 bridgehead atoms. The van der Waals surface area contributed by atoms with Crippen molar-refractivity contribution in [1.29, 1.82) is 0 Å². The second-order valence-corrected chi connectivity index (χ2v) is 11.1. The van der Waals surface area contributed by atoms with Crippen LogP contribution in [0, 0.1) is 0 Å². The smallest absolute Gasteiger partial charge is 0.187 e. The van der Waals surface area contributed by atoms with Gasteiger partial charge < -0.3 is 99.5 Å².